The predicted molar refractivity (Wildman–Crippen MR) is 94.0 cm³/mol. The summed E-state index contributed by atoms with van der Waals surface area (Å²) in [4.78, 5) is 6.63. The lowest BCUT2D eigenvalue weighted by molar-refractivity contribution is 0.0187. The molecule has 0 amide bonds. The molecule has 5 nitrogen and oxygen atoms in total. The highest BCUT2D eigenvalue weighted by atomic mass is 35.5. The Bertz CT molecular complexity index is 725. The number of nitrogens with zero attached hydrogens (tertiary/aromatic N) is 3. The normalized spacial score (nSPS) is 16.3. The van der Waals surface area contributed by atoms with Gasteiger partial charge in [0.05, 0.1) is 24.8 Å². The second-order valence-corrected chi connectivity index (χ2v) is 5.99. The lowest BCUT2D eigenvalue weighted by atomic mass is 10.0. The molecule has 124 valence electrons. The second kappa shape index (κ2) is 8.11. The first kappa shape index (κ1) is 16.7. The summed E-state index contributed by atoms with van der Waals surface area (Å²) >= 11 is 6.42. The van der Waals surface area contributed by atoms with Crippen molar-refractivity contribution < 1.29 is 4.74 Å². The van der Waals surface area contributed by atoms with E-state index >= 15 is 0 Å². The van der Waals surface area contributed by atoms with Gasteiger partial charge in [-0.05, 0) is 23.8 Å². The number of rotatable bonds is 5. The van der Waals surface area contributed by atoms with Crippen molar-refractivity contribution in [3.05, 3.63) is 58.7 Å². The molecule has 0 radical (unpaired) electrons. The van der Waals surface area contributed by atoms with Gasteiger partial charge in [-0.2, -0.15) is 5.26 Å². The molecule has 1 aliphatic rings. The van der Waals surface area contributed by atoms with E-state index in [4.69, 9.17) is 16.3 Å². The van der Waals surface area contributed by atoms with Gasteiger partial charge in [-0.3, -0.25) is 4.90 Å². The molecule has 2 heterocycles. The molecule has 0 spiro atoms. The van der Waals surface area contributed by atoms with E-state index in [1.807, 2.05) is 24.3 Å². The van der Waals surface area contributed by atoms with Crippen molar-refractivity contribution in [1.82, 2.24) is 9.88 Å². The van der Waals surface area contributed by atoms with Crippen LogP contribution in [0.4, 0.5) is 5.82 Å². The van der Waals surface area contributed by atoms with Gasteiger partial charge in [-0.25, -0.2) is 4.98 Å². The maximum atomic E-state index is 9.22. The molecule has 1 fully saturated rings. The number of anilines is 1. The monoisotopic (exact) mass is 342 g/mol. The fourth-order valence-corrected chi connectivity index (χ4v) is 3.16. The summed E-state index contributed by atoms with van der Waals surface area (Å²) in [5, 5.41) is 13.3. The number of hydrogen-bond acceptors (Lipinski definition) is 5. The molecule has 0 saturated carbocycles. The highest BCUT2D eigenvalue weighted by molar-refractivity contribution is 6.31. The zero-order valence-corrected chi connectivity index (χ0v) is 14.0. The van der Waals surface area contributed by atoms with Crippen LogP contribution in [0.2, 0.25) is 5.02 Å². The Balaban J connectivity index is 1.82. The number of ether oxygens (including phenoxy) is 1. The molecule has 1 N–H and O–H groups in total. The van der Waals surface area contributed by atoms with Crippen molar-refractivity contribution in [2.45, 2.75) is 6.04 Å². The van der Waals surface area contributed by atoms with Crippen LogP contribution >= 0.6 is 11.6 Å². The van der Waals surface area contributed by atoms with E-state index in [1.165, 1.54) is 0 Å². The quantitative estimate of drug-likeness (QED) is 0.904. The average molecular weight is 343 g/mol. The van der Waals surface area contributed by atoms with Crippen molar-refractivity contribution in [2.24, 2.45) is 0 Å². The maximum absolute atomic E-state index is 9.22. The first-order chi connectivity index (χ1) is 11.8. The number of benzene rings is 1. The van der Waals surface area contributed by atoms with Gasteiger partial charge in [0.15, 0.2) is 0 Å². The first-order valence-corrected chi connectivity index (χ1v) is 8.32. The topological polar surface area (TPSA) is 61.2 Å². The lowest BCUT2D eigenvalue weighted by Crippen LogP contribution is -2.41. The molecule has 1 unspecified atom stereocenters. The van der Waals surface area contributed by atoms with Crippen LogP contribution in [0.15, 0.2) is 42.6 Å². The average Bonchev–Trinajstić information content (AvgIpc) is 2.64. The van der Waals surface area contributed by atoms with Crippen LogP contribution in [-0.4, -0.2) is 42.7 Å². The van der Waals surface area contributed by atoms with Crippen LogP contribution in [0.5, 0.6) is 0 Å². The standard InChI is InChI=1S/C18H19ClN4O/c19-16-6-2-1-5-15(16)17(23-8-10-24-11-9-23)13-22-18-14(12-20)4-3-7-21-18/h1-7,17H,8-11,13H2,(H,21,22). The van der Waals surface area contributed by atoms with E-state index in [-0.39, 0.29) is 6.04 Å². The fourth-order valence-electron chi connectivity index (χ4n) is 2.90. The third kappa shape index (κ3) is 3.85. The summed E-state index contributed by atoms with van der Waals surface area (Å²) in [5.74, 6) is 0.602. The van der Waals surface area contributed by atoms with Crippen LogP contribution in [-0.2, 0) is 4.74 Å². The van der Waals surface area contributed by atoms with Crippen molar-refractivity contribution in [3.63, 3.8) is 0 Å². The van der Waals surface area contributed by atoms with E-state index in [1.54, 1.807) is 18.3 Å². The maximum Gasteiger partial charge on any atom is 0.143 e. The summed E-state index contributed by atoms with van der Waals surface area (Å²) < 4.78 is 5.46. The van der Waals surface area contributed by atoms with E-state index < -0.39 is 0 Å². The largest absolute Gasteiger partial charge is 0.379 e. The fraction of sp³-hybridized carbons (Fsp3) is 0.333. The van der Waals surface area contributed by atoms with Crippen LogP contribution in [0.25, 0.3) is 0 Å². The Labute approximate surface area is 146 Å². The Morgan fingerprint density at radius 2 is 2.04 bits per heavy atom. The number of halogens is 1. The Morgan fingerprint density at radius 3 is 2.79 bits per heavy atom. The molecule has 6 heteroatoms. The second-order valence-electron chi connectivity index (χ2n) is 5.58. The minimum atomic E-state index is 0.0937. The number of hydrogen-bond donors (Lipinski definition) is 1. The van der Waals surface area contributed by atoms with Gasteiger partial charge in [0.2, 0.25) is 0 Å². The number of nitrogens with one attached hydrogen (secondary N) is 1. The molecular weight excluding hydrogens is 324 g/mol. The molecular formula is C18H19ClN4O. The number of morpholine rings is 1. The van der Waals surface area contributed by atoms with E-state index in [9.17, 15) is 5.26 Å². The summed E-state index contributed by atoms with van der Waals surface area (Å²) in [6.45, 7) is 3.76. The molecule has 1 saturated heterocycles. The Kier molecular flexibility index (Phi) is 5.65. The van der Waals surface area contributed by atoms with Gasteiger partial charge in [0, 0.05) is 30.9 Å². The molecule has 24 heavy (non-hydrogen) atoms. The third-order valence-corrected chi connectivity index (χ3v) is 4.49. The molecule has 2 aromatic rings. The predicted octanol–water partition coefficient (Wildman–Crippen LogP) is 3.09. The molecule has 0 aliphatic carbocycles. The number of aromatic nitrogens is 1. The van der Waals surface area contributed by atoms with Crippen molar-refractivity contribution in [2.75, 3.05) is 38.2 Å². The smallest absolute Gasteiger partial charge is 0.143 e. The summed E-state index contributed by atoms with van der Waals surface area (Å²) in [6, 6.07) is 13.7. The Hall–Kier alpha value is -2.13. The number of pyridine rings is 1. The molecule has 1 atom stereocenters. The Morgan fingerprint density at radius 1 is 1.25 bits per heavy atom. The molecule has 0 bridgehead atoms. The van der Waals surface area contributed by atoms with Crippen LogP contribution in [0, 0.1) is 11.3 Å². The zero-order valence-electron chi connectivity index (χ0n) is 13.3. The van der Waals surface area contributed by atoms with Crippen LogP contribution in [0.1, 0.15) is 17.2 Å². The lowest BCUT2D eigenvalue weighted by Gasteiger charge is -2.35. The summed E-state index contributed by atoms with van der Waals surface area (Å²) in [5.41, 5.74) is 1.61. The van der Waals surface area contributed by atoms with E-state index in [0.29, 0.717) is 31.1 Å². The minimum absolute atomic E-state index is 0.0937. The van der Waals surface area contributed by atoms with Gasteiger partial charge in [0.1, 0.15) is 11.9 Å². The molecule has 1 aromatic heterocycles. The third-order valence-electron chi connectivity index (χ3n) is 4.14. The molecule has 3 rings (SSSR count). The van der Waals surface area contributed by atoms with Crippen LogP contribution in [0.3, 0.4) is 0 Å². The molecule has 1 aromatic carbocycles. The van der Waals surface area contributed by atoms with Crippen molar-refractivity contribution >= 4 is 17.4 Å². The van der Waals surface area contributed by atoms with Gasteiger partial charge in [-0.1, -0.05) is 29.8 Å². The van der Waals surface area contributed by atoms with Gasteiger partial charge < -0.3 is 10.1 Å². The van der Waals surface area contributed by atoms with Crippen LogP contribution < -0.4 is 5.32 Å². The van der Waals surface area contributed by atoms with Gasteiger partial charge in [-0.15, -0.1) is 0 Å². The highest BCUT2D eigenvalue weighted by Crippen LogP contribution is 2.28. The van der Waals surface area contributed by atoms with Crippen molar-refractivity contribution in [3.8, 4) is 6.07 Å². The van der Waals surface area contributed by atoms with E-state index in [0.717, 1.165) is 23.7 Å². The summed E-state index contributed by atoms with van der Waals surface area (Å²) in [7, 11) is 0. The van der Waals surface area contributed by atoms with Gasteiger partial charge in [0.25, 0.3) is 0 Å². The van der Waals surface area contributed by atoms with Crippen molar-refractivity contribution in [1.29, 1.82) is 5.26 Å². The zero-order chi connectivity index (χ0) is 16.8. The summed E-state index contributed by atoms with van der Waals surface area (Å²) in [6.07, 6.45) is 1.68. The van der Waals surface area contributed by atoms with E-state index in [2.05, 4.69) is 21.3 Å². The SMILES string of the molecule is N#Cc1cccnc1NCC(c1ccccc1Cl)N1CCOCC1. The van der Waals surface area contributed by atoms with Gasteiger partial charge >= 0.3 is 0 Å². The molecule has 1 aliphatic heterocycles. The highest BCUT2D eigenvalue weighted by Gasteiger charge is 2.24. The minimum Gasteiger partial charge on any atom is -0.379 e. The number of nitriles is 1. The first-order valence-electron chi connectivity index (χ1n) is 7.95.